The smallest absolute Gasteiger partial charge is 0.342 e. The van der Waals surface area contributed by atoms with Crippen LogP contribution in [0.5, 0.6) is 0 Å². The average Bonchev–Trinajstić information content (AvgIpc) is 3.14. The Morgan fingerprint density at radius 2 is 1.64 bits per heavy atom. The van der Waals surface area contributed by atoms with Crippen LogP contribution in [-0.4, -0.2) is 36.6 Å². The van der Waals surface area contributed by atoms with Gasteiger partial charge in [0.2, 0.25) is 5.91 Å². The SMILES string of the molecule is NCC1CN(C(=O)CC(Cc2ccccc2)c2ccccc2)CC1C(F)(F)F. The molecule has 0 aliphatic carbocycles. The van der Waals surface area contributed by atoms with Crippen LogP contribution in [0.3, 0.4) is 0 Å². The van der Waals surface area contributed by atoms with Crippen molar-refractivity contribution in [1.82, 2.24) is 4.90 Å². The molecule has 1 amide bonds. The van der Waals surface area contributed by atoms with Gasteiger partial charge in [-0.05, 0) is 30.0 Å². The molecule has 28 heavy (non-hydrogen) atoms. The molecule has 3 unspecified atom stereocenters. The first-order valence-electron chi connectivity index (χ1n) is 9.52. The van der Waals surface area contributed by atoms with Crippen molar-refractivity contribution in [3.05, 3.63) is 71.8 Å². The number of alkyl halides is 3. The number of carbonyl (C=O) groups excluding carboxylic acids is 1. The molecule has 1 aliphatic rings. The maximum atomic E-state index is 13.3. The summed E-state index contributed by atoms with van der Waals surface area (Å²) in [6.45, 7) is -0.288. The van der Waals surface area contributed by atoms with Gasteiger partial charge < -0.3 is 10.6 Å². The molecule has 150 valence electrons. The van der Waals surface area contributed by atoms with Gasteiger partial charge in [0.1, 0.15) is 0 Å². The highest BCUT2D eigenvalue weighted by molar-refractivity contribution is 5.77. The number of nitrogens with zero attached hydrogens (tertiary/aromatic N) is 1. The third-order valence-corrected chi connectivity index (χ3v) is 5.53. The lowest BCUT2D eigenvalue weighted by atomic mass is 9.89. The van der Waals surface area contributed by atoms with Gasteiger partial charge in [-0.25, -0.2) is 0 Å². The predicted octanol–water partition coefficient (Wildman–Crippen LogP) is 4.00. The van der Waals surface area contributed by atoms with Gasteiger partial charge in [-0.2, -0.15) is 13.2 Å². The van der Waals surface area contributed by atoms with Crippen LogP contribution in [-0.2, 0) is 11.2 Å². The molecule has 0 bridgehead atoms. The molecule has 0 spiro atoms. The minimum atomic E-state index is -4.33. The van der Waals surface area contributed by atoms with Crippen LogP contribution in [0.15, 0.2) is 60.7 Å². The summed E-state index contributed by atoms with van der Waals surface area (Å²) < 4.78 is 39.8. The fourth-order valence-electron chi connectivity index (χ4n) is 3.96. The summed E-state index contributed by atoms with van der Waals surface area (Å²) in [6, 6.07) is 19.5. The van der Waals surface area contributed by atoms with Crippen molar-refractivity contribution in [2.45, 2.75) is 24.9 Å². The predicted molar refractivity (Wildman–Crippen MR) is 103 cm³/mol. The Hall–Kier alpha value is -2.34. The molecular formula is C22H25F3N2O. The number of nitrogens with two attached hydrogens (primary N) is 1. The van der Waals surface area contributed by atoms with Crippen LogP contribution >= 0.6 is 0 Å². The molecule has 2 aromatic carbocycles. The van der Waals surface area contributed by atoms with Crippen molar-refractivity contribution in [2.24, 2.45) is 17.6 Å². The fourth-order valence-corrected chi connectivity index (χ4v) is 3.96. The van der Waals surface area contributed by atoms with E-state index in [-0.39, 0.29) is 37.9 Å². The van der Waals surface area contributed by atoms with E-state index in [9.17, 15) is 18.0 Å². The van der Waals surface area contributed by atoms with E-state index in [0.717, 1.165) is 11.1 Å². The lowest BCUT2D eigenvalue weighted by Gasteiger charge is -2.22. The van der Waals surface area contributed by atoms with E-state index in [1.165, 1.54) is 4.90 Å². The van der Waals surface area contributed by atoms with E-state index < -0.39 is 18.0 Å². The third-order valence-electron chi connectivity index (χ3n) is 5.53. The highest BCUT2D eigenvalue weighted by atomic mass is 19.4. The Morgan fingerprint density at radius 1 is 1.04 bits per heavy atom. The van der Waals surface area contributed by atoms with Crippen molar-refractivity contribution in [2.75, 3.05) is 19.6 Å². The van der Waals surface area contributed by atoms with E-state index in [1.807, 2.05) is 60.7 Å². The largest absolute Gasteiger partial charge is 0.393 e. The van der Waals surface area contributed by atoms with Crippen molar-refractivity contribution < 1.29 is 18.0 Å². The van der Waals surface area contributed by atoms with Crippen LogP contribution in [0.1, 0.15) is 23.5 Å². The van der Waals surface area contributed by atoms with Gasteiger partial charge >= 0.3 is 6.18 Å². The monoisotopic (exact) mass is 390 g/mol. The van der Waals surface area contributed by atoms with E-state index in [2.05, 4.69) is 0 Å². The number of carbonyl (C=O) groups is 1. The van der Waals surface area contributed by atoms with E-state index in [1.54, 1.807) is 0 Å². The van der Waals surface area contributed by atoms with Crippen LogP contribution in [0.25, 0.3) is 0 Å². The first-order chi connectivity index (χ1) is 13.4. The molecule has 1 heterocycles. The quantitative estimate of drug-likeness (QED) is 0.811. The first-order valence-corrected chi connectivity index (χ1v) is 9.52. The summed E-state index contributed by atoms with van der Waals surface area (Å²) in [7, 11) is 0. The molecule has 0 radical (unpaired) electrons. The molecule has 3 atom stereocenters. The number of halogens is 3. The Kier molecular flexibility index (Phi) is 6.39. The Labute approximate surface area is 163 Å². The summed E-state index contributed by atoms with van der Waals surface area (Å²) >= 11 is 0. The Balaban J connectivity index is 1.74. The molecule has 1 aliphatic heterocycles. The first kappa shape index (κ1) is 20.4. The molecule has 6 heteroatoms. The number of hydrogen-bond donors (Lipinski definition) is 1. The lowest BCUT2D eigenvalue weighted by Crippen LogP contribution is -2.34. The second-order valence-electron chi connectivity index (χ2n) is 7.44. The number of benzene rings is 2. The van der Waals surface area contributed by atoms with E-state index in [0.29, 0.717) is 6.42 Å². The standard InChI is InChI=1S/C22H25F3N2O/c23-22(24,25)20-15-27(14-19(20)13-26)21(28)12-18(17-9-5-2-6-10-17)11-16-7-3-1-4-8-16/h1-10,18-20H,11-15,26H2. The maximum Gasteiger partial charge on any atom is 0.393 e. The van der Waals surface area contributed by atoms with Gasteiger partial charge in [-0.15, -0.1) is 0 Å². The molecule has 3 nitrogen and oxygen atoms in total. The Morgan fingerprint density at radius 3 is 2.18 bits per heavy atom. The summed E-state index contributed by atoms with van der Waals surface area (Å²) in [5, 5.41) is 0. The van der Waals surface area contributed by atoms with Crippen LogP contribution in [0.2, 0.25) is 0 Å². The molecule has 2 aromatic rings. The number of amides is 1. The average molecular weight is 390 g/mol. The highest BCUT2D eigenvalue weighted by Crippen LogP contribution is 2.38. The third kappa shape index (κ3) is 4.93. The zero-order valence-electron chi connectivity index (χ0n) is 15.6. The minimum absolute atomic E-state index is 0.0694. The Bertz CT molecular complexity index is 764. The zero-order valence-corrected chi connectivity index (χ0v) is 15.6. The van der Waals surface area contributed by atoms with Gasteiger partial charge in [-0.3, -0.25) is 4.79 Å². The molecule has 3 rings (SSSR count). The van der Waals surface area contributed by atoms with Crippen LogP contribution in [0, 0.1) is 11.8 Å². The second-order valence-corrected chi connectivity index (χ2v) is 7.44. The van der Waals surface area contributed by atoms with Crippen molar-refractivity contribution >= 4 is 5.91 Å². The van der Waals surface area contributed by atoms with Gasteiger partial charge in [0.15, 0.2) is 0 Å². The van der Waals surface area contributed by atoms with Crippen molar-refractivity contribution in [1.29, 1.82) is 0 Å². The number of hydrogen-bond acceptors (Lipinski definition) is 2. The molecule has 0 saturated carbocycles. The molecule has 2 N–H and O–H groups in total. The molecular weight excluding hydrogens is 365 g/mol. The number of rotatable bonds is 6. The maximum absolute atomic E-state index is 13.3. The molecule has 1 saturated heterocycles. The van der Waals surface area contributed by atoms with Crippen molar-refractivity contribution in [3.8, 4) is 0 Å². The minimum Gasteiger partial charge on any atom is -0.342 e. The topological polar surface area (TPSA) is 46.3 Å². The van der Waals surface area contributed by atoms with Crippen LogP contribution < -0.4 is 5.73 Å². The van der Waals surface area contributed by atoms with Crippen molar-refractivity contribution in [3.63, 3.8) is 0 Å². The normalized spacial score (nSPS) is 20.9. The summed E-state index contributed by atoms with van der Waals surface area (Å²) in [4.78, 5) is 14.2. The number of likely N-dealkylation sites (tertiary alicyclic amines) is 1. The molecule has 1 fully saturated rings. The van der Waals surface area contributed by atoms with Gasteiger partial charge in [-0.1, -0.05) is 60.7 Å². The van der Waals surface area contributed by atoms with E-state index in [4.69, 9.17) is 5.73 Å². The second kappa shape index (κ2) is 8.78. The summed E-state index contributed by atoms with van der Waals surface area (Å²) in [5.41, 5.74) is 7.65. The fraction of sp³-hybridized carbons (Fsp3) is 0.409. The molecule has 0 aromatic heterocycles. The van der Waals surface area contributed by atoms with E-state index >= 15 is 0 Å². The van der Waals surface area contributed by atoms with Crippen LogP contribution in [0.4, 0.5) is 13.2 Å². The summed E-state index contributed by atoms with van der Waals surface area (Å²) in [6.07, 6.45) is -3.49. The van der Waals surface area contributed by atoms with Gasteiger partial charge in [0, 0.05) is 25.4 Å². The van der Waals surface area contributed by atoms with Gasteiger partial charge in [0.05, 0.1) is 5.92 Å². The van der Waals surface area contributed by atoms with Gasteiger partial charge in [0.25, 0.3) is 0 Å². The zero-order chi connectivity index (χ0) is 20.1. The summed E-state index contributed by atoms with van der Waals surface area (Å²) in [5.74, 6) is -2.59. The highest BCUT2D eigenvalue weighted by Gasteiger charge is 2.50. The lowest BCUT2D eigenvalue weighted by molar-refractivity contribution is -0.179.